The second-order valence-corrected chi connectivity index (χ2v) is 4.78. The number of nitrogens with two attached hydrogens (primary N) is 1. The molecule has 2 aromatic heterocycles. The zero-order valence-corrected chi connectivity index (χ0v) is 12.7. The minimum absolute atomic E-state index is 0.250. The predicted molar refractivity (Wildman–Crippen MR) is 87.6 cm³/mol. The summed E-state index contributed by atoms with van der Waals surface area (Å²) in [7, 11) is 1.44. The van der Waals surface area contributed by atoms with Crippen LogP contribution < -0.4 is 10.5 Å². The van der Waals surface area contributed by atoms with Gasteiger partial charge in [0.1, 0.15) is 30.3 Å². The first kappa shape index (κ1) is 14.7. The minimum atomic E-state index is 0.250. The van der Waals surface area contributed by atoms with Crippen molar-refractivity contribution in [1.82, 2.24) is 15.0 Å². The second kappa shape index (κ2) is 6.27. The SMILES string of the molecule is CO/N=C/c1c(N)ncnc1Oc1cccc2ccc(C)nc12. The monoisotopic (exact) mass is 309 g/mol. The zero-order valence-electron chi connectivity index (χ0n) is 12.7. The molecule has 3 aromatic rings. The zero-order chi connectivity index (χ0) is 16.2. The molecule has 0 bridgehead atoms. The van der Waals surface area contributed by atoms with Crippen LogP contribution in [0.15, 0.2) is 41.8 Å². The molecule has 0 fully saturated rings. The Kier molecular flexibility index (Phi) is 4.01. The fraction of sp³-hybridized carbons (Fsp3) is 0.125. The summed E-state index contributed by atoms with van der Waals surface area (Å²) in [5, 5.41) is 4.68. The Morgan fingerprint density at radius 2 is 2.04 bits per heavy atom. The molecule has 23 heavy (non-hydrogen) atoms. The van der Waals surface area contributed by atoms with E-state index in [0.717, 1.165) is 16.6 Å². The highest BCUT2D eigenvalue weighted by Gasteiger charge is 2.12. The first-order valence-corrected chi connectivity index (χ1v) is 6.90. The maximum absolute atomic E-state index is 5.92. The molecule has 0 radical (unpaired) electrons. The van der Waals surface area contributed by atoms with Crippen molar-refractivity contribution in [3.63, 3.8) is 0 Å². The van der Waals surface area contributed by atoms with Crippen LogP contribution in [0.1, 0.15) is 11.3 Å². The largest absolute Gasteiger partial charge is 0.436 e. The Labute approximate surface area is 132 Å². The molecular formula is C16H15N5O2. The van der Waals surface area contributed by atoms with E-state index in [0.29, 0.717) is 11.3 Å². The Morgan fingerprint density at radius 3 is 2.87 bits per heavy atom. The van der Waals surface area contributed by atoms with E-state index in [-0.39, 0.29) is 11.7 Å². The molecule has 7 heteroatoms. The number of para-hydroxylation sites is 1. The van der Waals surface area contributed by atoms with Gasteiger partial charge in [-0.2, -0.15) is 0 Å². The minimum Gasteiger partial charge on any atom is -0.436 e. The van der Waals surface area contributed by atoms with Crippen molar-refractivity contribution in [3.05, 3.63) is 47.9 Å². The summed E-state index contributed by atoms with van der Waals surface area (Å²) < 4.78 is 5.92. The van der Waals surface area contributed by atoms with E-state index in [4.69, 9.17) is 10.5 Å². The molecule has 2 N–H and O–H groups in total. The van der Waals surface area contributed by atoms with E-state index in [1.807, 2.05) is 37.3 Å². The number of aromatic nitrogens is 3. The van der Waals surface area contributed by atoms with Gasteiger partial charge in [0.25, 0.3) is 0 Å². The normalized spacial score (nSPS) is 11.0. The standard InChI is InChI=1S/C16H15N5O2/c1-10-6-7-11-4-3-5-13(14(11)21-10)23-16-12(8-20-22-2)15(17)18-9-19-16/h3-9H,1-2H3,(H2,17,18,19)/b20-8+. The average molecular weight is 309 g/mol. The Balaban J connectivity index is 2.08. The molecule has 3 rings (SSSR count). The third kappa shape index (κ3) is 3.03. The third-order valence-electron chi connectivity index (χ3n) is 3.19. The molecule has 2 heterocycles. The van der Waals surface area contributed by atoms with Gasteiger partial charge in [0.05, 0.1) is 6.21 Å². The van der Waals surface area contributed by atoms with Crippen LogP contribution in [0.2, 0.25) is 0 Å². The van der Waals surface area contributed by atoms with E-state index < -0.39 is 0 Å². The number of pyridine rings is 1. The third-order valence-corrected chi connectivity index (χ3v) is 3.19. The molecule has 0 aliphatic carbocycles. The predicted octanol–water partition coefficient (Wildman–Crippen LogP) is 2.69. The van der Waals surface area contributed by atoms with Crippen molar-refractivity contribution in [3.8, 4) is 11.6 Å². The lowest BCUT2D eigenvalue weighted by Gasteiger charge is -2.10. The molecule has 1 aromatic carbocycles. The Morgan fingerprint density at radius 1 is 1.17 bits per heavy atom. The van der Waals surface area contributed by atoms with Crippen LogP contribution in [0.4, 0.5) is 5.82 Å². The summed E-state index contributed by atoms with van der Waals surface area (Å²) in [5.41, 5.74) is 7.95. The maximum Gasteiger partial charge on any atom is 0.233 e. The van der Waals surface area contributed by atoms with Crippen molar-refractivity contribution < 1.29 is 9.57 Å². The number of anilines is 1. The first-order chi connectivity index (χ1) is 11.2. The van der Waals surface area contributed by atoms with Crippen molar-refractivity contribution in [2.45, 2.75) is 6.92 Å². The van der Waals surface area contributed by atoms with E-state index in [2.05, 4.69) is 24.9 Å². The van der Waals surface area contributed by atoms with Gasteiger partial charge >= 0.3 is 0 Å². The van der Waals surface area contributed by atoms with E-state index in [1.54, 1.807) is 0 Å². The second-order valence-electron chi connectivity index (χ2n) is 4.78. The molecule has 0 spiro atoms. The number of ether oxygens (including phenoxy) is 1. The smallest absolute Gasteiger partial charge is 0.233 e. The van der Waals surface area contributed by atoms with Gasteiger partial charge in [-0.3, -0.25) is 0 Å². The summed E-state index contributed by atoms with van der Waals surface area (Å²) in [6.07, 6.45) is 2.74. The van der Waals surface area contributed by atoms with Crippen LogP contribution in [0.3, 0.4) is 0 Å². The summed E-state index contributed by atoms with van der Waals surface area (Å²) >= 11 is 0. The van der Waals surface area contributed by atoms with Crippen molar-refractivity contribution in [2.75, 3.05) is 12.8 Å². The van der Waals surface area contributed by atoms with Gasteiger partial charge in [-0.1, -0.05) is 23.4 Å². The number of benzene rings is 1. The average Bonchev–Trinajstić information content (AvgIpc) is 2.55. The summed E-state index contributed by atoms with van der Waals surface area (Å²) in [6, 6.07) is 9.63. The molecule has 0 saturated carbocycles. The van der Waals surface area contributed by atoms with Crippen LogP contribution in [0.5, 0.6) is 11.6 Å². The number of oxime groups is 1. The molecular weight excluding hydrogens is 294 g/mol. The first-order valence-electron chi connectivity index (χ1n) is 6.90. The van der Waals surface area contributed by atoms with E-state index in [1.165, 1.54) is 19.7 Å². The molecule has 7 nitrogen and oxygen atoms in total. The molecule has 0 saturated heterocycles. The van der Waals surface area contributed by atoms with Crippen molar-refractivity contribution in [1.29, 1.82) is 0 Å². The summed E-state index contributed by atoms with van der Waals surface area (Å²) in [6.45, 7) is 1.93. The Bertz CT molecular complexity index is 879. The van der Waals surface area contributed by atoms with Gasteiger partial charge in [0.2, 0.25) is 5.88 Å². The number of hydrogen-bond donors (Lipinski definition) is 1. The van der Waals surface area contributed by atoms with Gasteiger partial charge < -0.3 is 15.3 Å². The highest BCUT2D eigenvalue weighted by atomic mass is 16.6. The molecule has 0 atom stereocenters. The number of nitrogens with zero attached hydrogens (tertiary/aromatic N) is 4. The molecule has 0 unspecified atom stereocenters. The maximum atomic E-state index is 5.92. The van der Waals surface area contributed by atoms with Gasteiger partial charge in [-0.15, -0.1) is 0 Å². The van der Waals surface area contributed by atoms with E-state index >= 15 is 0 Å². The number of rotatable bonds is 4. The lowest BCUT2D eigenvalue weighted by atomic mass is 10.2. The van der Waals surface area contributed by atoms with Gasteiger partial charge in [-0.05, 0) is 19.1 Å². The number of hydrogen-bond acceptors (Lipinski definition) is 7. The van der Waals surface area contributed by atoms with Crippen LogP contribution in [0.25, 0.3) is 10.9 Å². The summed E-state index contributed by atoms with van der Waals surface area (Å²) in [4.78, 5) is 17.3. The topological polar surface area (TPSA) is 95.5 Å². The van der Waals surface area contributed by atoms with Gasteiger partial charge in [-0.25, -0.2) is 15.0 Å². The van der Waals surface area contributed by atoms with Crippen LogP contribution in [0, 0.1) is 6.92 Å². The van der Waals surface area contributed by atoms with Crippen molar-refractivity contribution in [2.24, 2.45) is 5.16 Å². The summed E-state index contributed by atoms with van der Waals surface area (Å²) in [5.74, 6) is 1.12. The lowest BCUT2D eigenvalue weighted by molar-refractivity contribution is 0.215. The number of nitrogen functional groups attached to an aromatic ring is 1. The fourth-order valence-corrected chi connectivity index (χ4v) is 2.10. The fourth-order valence-electron chi connectivity index (χ4n) is 2.10. The lowest BCUT2D eigenvalue weighted by Crippen LogP contribution is -2.02. The molecule has 0 amide bonds. The van der Waals surface area contributed by atoms with Gasteiger partial charge in [0.15, 0.2) is 5.75 Å². The molecule has 0 aliphatic heterocycles. The van der Waals surface area contributed by atoms with Gasteiger partial charge in [0, 0.05) is 11.1 Å². The molecule has 116 valence electrons. The van der Waals surface area contributed by atoms with Crippen LogP contribution >= 0.6 is 0 Å². The number of fused-ring (bicyclic) bond motifs is 1. The highest BCUT2D eigenvalue weighted by molar-refractivity contribution is 5.89. The Hall–Kier alpha value is -3.22. The van der Waals surface area contributed by atoms with Crippen molar-refractivity contribution >= 4 is 22.9 Å². The van der Waals surface area contributed by atoms with Crippen LogP contribution in [-0.4, -0.2) is 28.3 Å². The van der Waals surface area contributed by atoms with E-state index in [9.17, 15) is 0 Å². The van der Waals surface area contributed by atoms with Crippen LogP contribution in [-0.2, 0) is 4.84 Å². The molecule has 0 aliphatic rings. The number of aryl methyl sites for hydroxylation is 1. The quantitative estimate of drug-likeness (QED) is 0.588. The highest BCUT2D eigenvalue weighted by Crippen LogP contribution is 2.30.